The quantitative estimate of drug-likeness (QED) is 0.0322. The fraction of sp³-hybridized carbons (Fsp3) is 0.855. The van der Waals surface area contributed by atoms with E-state index in [9.17, 15) is 19.8 Å². The minimum atomic E-state index is -0.863. The molecule has 0 fully saturated rings. The molecule has 0 aliphatic rings. The Morgan fingerprint density at radius 1 is 0.459 bits per heavy atom. The first-order chi connectivity index (χ1) is 30.0. The number of ether oxygens (including phenoxy) is 1. The molecule has 0 saturated heterocycles. The van der Waals surface area contributed by atoms with Gasteiger partial charge in [-0.15, -0.1) is 0 Å². The van der Waals surface area contributed by atoms with Crippen molar-refractivity contribution in [1.29, 1.82) is 0 Å². The maximum absolute atomic E-state index is 12.4. The van der Waals surface area contributed by atoms with Gasteiger partial charge in [0, 0.05) is 12.8 Å². The zero-order valence-corrected chi connectivity index (χ0v) is 40.6. The maximum Gasteiger partial charge on any atom is 0.305 e. The van der Waals surface area contributed by atoms with Crippen LogP contribution < -0.4 is 5.32 Å². The number of esters is 1. The van der Waals surface area contributed by atoms with Crippen LogP contribution in [0.3, 0.4) is 0 Å². The summed E-state index contributed by atoms with van der Waals surface area (Å²) >= 11 is 0. The minimum Gasteiger partial charge on any atom is -0.466 e. The molecule has 1 amide bonds. The van der Waals surface area contributed by atoms with Crippen LogP contribution in [0.25, 0.3) is 0 Å². The summed E-state index contributed by atoms with van der Waals surface area (Å²) in [4.78, 5) is 24.5. The standard InChI is InChI=1S/C55H103NO5/c1-3-5-7-9-11-13-15-17-19-21-23-25-27-29-33-37-41-45-49-55(60)61-50-46-42-38-34-30-32-36-40-44-48-54(59)56-52(51-57)53(58)47-43-39-35-31-28-26-24-22-20-18-16-14-12-10-8-6-4-2/h13,15,19,21,43,47,52-53,57-58H,3-12,14,16-18,20,22-42,44-46,48-51H2,1-2H3,(H,56,59)/b15-13-,21-19-,47-43+. The van der Waals surface area contributed by atoms with E-state index in [1.807, 2.05) is 6.08 Å². The van der Waals surface area contributed by atoms with Gasteiger partial charge in [0.15, 0.2) is 0 Å². The Bertz CT molecular complexity index is 993. The highest BCUT2D eigenvalue weighted by molar-refractivity contribution is 5.76. The van der Waals surface area contributed by atoms with Crippen molar-refractivity contribution in [2.24, 2.45) is 0 Å². The highest BCUT2D eigenvalue weighted by Gasteiger charge is 2.18. The number of hydrogen-bond acceptors (Lipinski definition) is 5. The second-order valence-electron chi connectivity index (χ2n) is 18.2. The largest absolute Gasteiger partial charge is 0.466 e. The van der Waals surface area contributed by atoms with E-state index in [-0.39, 0.29) is 18.5 Å². The monoisotopic (exact) mass is 858 g/mol. The molecule has 0 aromatic heterocycles. The van der Waals surface area contributed by atoms with E-state index in [0.717, 1.165) is 64.2 Å². The average Bonchev–Trinajstić information content (AvgIpc) is 3.26. The van der Waals surface area contributed by atoms with Crippen molar-refractivity contribution in [1.82, 2.24) is 5.32 Å². The average molecular weight is 858 g/mol. The van der Waals surface area contributed by atoms with Crippen LogP contribution in [0.4, 0.5) is 0 Å². The van der Waals surface area contributed by atoms with E-state index < -0.39 is 12.1 Å². The predicted molar refractivity (Wildman–Crippen MR) is 264 cm³/mol. The third kappa shape index (κ3) is 47.4. The third-order valence-corrected chi connectivity index (χ3v) is 12.2. The molecule has 0 heterocycles. The number of nitrogens with one attached hydrogen (secondary N) is 1. The molecular weight excluding hydrogens is 755 g/mol. The Kier molecular flexibility index (Phi) is 49.1. The number of carbonyl (C=O) groups is 2. The normalized spacial score (nSPS) is 12.9. The van der Waals surface area contributed by atoms with Gasteiger partial charge in [0.1, 0.15) is 0 Å². The zero-order valence-electron chi connectivity index (χ0n) is 40.6. The van der Waals surface area contributed by atoms with Crippen LogP contribution in [0, 0.1) is 0 Å². The van der Waals surface area contributed by atoms with E-state index in [4.69, 9.17) is 4.74 Å². The lowest BCUT2D eigenvalue weighted by atomic mass is 10.0. The summed E-state index contributed by atoms with van der Waals surface area (Å²) in [6.07, 6.45) is 61.4. The van der Waals surface area contributed by atoms with Gasteiger partial charge < -0.3 is 20.3 Å². The maximum atomic E-state index is 12.4. The van der Waals surface area contributed by atoms with E-state index in [1.54, 1.807) is 6.08 Å². The molecule has 0 aliphatic heterocycles. The molecule has 6 nitrogen and oxygen atoms in total. The Labute approximate surface area is 379 Å². The number of aliphatic hydroxyl groups is 2. The van der Waals surface area contributed by atoms with Crippen LogP contribution in [0.5, 0.6) is 0 Å². The van der Waals surface area contributed by atoms with Crippen molar-refractivity contribution >= 4 is 11.9 Å². The Balaban J connectivity index is 3.53. The summed E-state index contributed by atoms with van der Waals surface area (Å²) in [5.74, 6) is -0.130. The van der Waals surface area contributed by atoms with Crippen molar-refractivity contribution in [3.05, 3.63) is 36.5 Å². The lowest BCUT2D eigenvalue weighted by molar-refractivity contribution is -0.143. The van der Waals surface area contributed by atoms with Gasteiger partial charge in [-0.1, -0.05) is 237 Å². The van der Waals surface area contributed by atoms with Crippen LogP contribution in [0.15, 0.2) is 36.5 Å². The van der Waals surface area contributed by atoms with E-state index >= 15 is 0 Å². The van der Waals surface area contributed by atoms with Crippen LogP contribution in [0.1, 0.15) is 277 Å². The number of aliphatic hydroxyl groups excluding tert-OH is 2. The molecule has 6 heteroatoms. The summed E-state index contributed by atoms with van der Waals surface area (Å²) in [5, 5.41) is 23.1. The number of unbranched alkanes of at least 4 members (excludes halogenated alkanes) is 34. The van der Waals surface area contributed by atoms with Gasteiger partial charge in [0.2, 0.25) is 5.91 Å². The third-order valence-electron chi connectivity index (χ3n) is 12.2. The van der Waals surface area contributed by atoms with Crippen LogP contribution in [-0.4, -0.2) is 47.4 Å². The molecular formula is C55H103NO5. The van der Waals surface area contributed by atoms with Gasteiger partial charge in [-0.3, -0.25) is 9.59 Å². The first-order valence-corrected chi connectivity index (χ1v) is 26.8. The Hall–Kier alpha value is -1.92. The lowest BCUT2D eigenvalue weighted by Gasteiger charge is -2.20. The lowest BCUT2D eigenvalue weighted by Crippen LogP contribution is -2.45. The molecule has 2 unspecified atom stereocenters. The first kappa shape index (κ1) is 59.1. The fourth-order valence-corrected chi connectivity index (χ4v) is 8.02. The van der Waals surface area contributed by atoms with Gasteiger partial charge in [0.05, 0.1) is 25.4 Å². The molecule has 0 bridgehead atoms. The van der Waals surface area contributed by atoms with Gasteiger partial charge >= 0.3 is 5.97 Å². The summed E-state index contributed by atoms with van der Waals surface area (Å²) in [6, 6.07) is -0.649. The molecule has 0 aliphatic carbocycles. The number of amides is 1. The van der Waals surface area contributed by atoms with E-state index in [2.05, 4.69) is 43.5 Å². The van der Waals surface area contributed by atoms with Crippen LogP contribution in [0.2, 0.25) is 0 Å². The molecule has 61 heavy (non-hydrogen) atoms. The topological polar surface area (TPSA) is 95.9 Å². The number of allylic oxidation sites excluding steroid dienone is 5. The van der Waals surface area contributed by atoms with Crippen molar-refractivity contribution < 1.29 is 24.5 Å². The Morgan fingerprint density at radius 2 is 0.820 bits per heavy atom. The van der Waals surface area contributed by atoms with Gasteiger partial charge in [-0.2, -0.15) is 0 Å². The number of rotatable bonds is 49. The molecule has 0 saturated carbocycles. The molecule has 0 radical (unpaired) electrons. The van der Waals surface area contributed by atoms with Crippen LogP contribution >= 0.6 is 0 Å². The molecule has 3 N–H and O–H groups in total. The van der Waals surface area contributed by atoms with Crippen LogP contribution in [-0.2, 0) is 14.3 Å². The first-order valence-electron chi connectivity index (χ1n) is 26.8. The molecule has 0 aromatic carbocycles. The SMILES string of the molecule is CCCCCC/C=C\C/C=C\CCCCCCCCCC(=O)OCCCCCCCCCCCC(=O)NC(CO)C(O)/C=C/CCCCCCCCCCCCCCCCC. The molecule has 358 valence electrons. The van der Waals surface area contributed by atoms with Crippen molar-refractivity contribution in [3.8, 4) is 0 Å². The predicted octanol–water partition coefficient (Wildman–Crippen LogP) is 16.1. The second kappa shape index (κ2) is 50.7. The van der Waals surface area contributed by atoms with Crippen molar-refractivity contribution in [2.45, 2.75) is 289 Å². The number of hydrogen-bond donors (Lipinski definition) is 3. The molecule has 0 spiro atoms. The highest BCUT2D eigenvalue weighted by Crippen LogP contribution is 2.16. The Morgan fingerprint density at radius 3 is 1.26 bits per heavy atom. The molecule has 0 rings (SSSR count). The van der Waals surface area contributed by atoms with E-state index in [1.165, 1.54) is 186 Å². The van der Waals surface area contributed by atoms with Crippen molar-refractivity contribution in [3.63, 3.8) is 0 Å². The summed E-state index contributed by atoms with van der Waals surface area (Å²) in [7, 11) is 0. The summed E-state index contributed by atoms with van der Waals surface area (Å²) < 4.78 is 5.46. The smallest absolute Gasteiger partial charge is 0.305 e. The fourth-order valence-electron chi connectivity index (χ4n) is 8.02. The summed E-state index contributed by atoms with van der Waals surface area (Å²) in [5.41, 5.74) is 0. The second-order valence-corrected chi connectivity index (χ2v) is 18.2. The van der Waals surface area contributed by atoms with Gasteiger partial charge in [0.25, 0.3) is 0 Å². The zero-order chi connectivity index (χ0) is 44.4. The highest BCUT2D eigenvalue weighted by atomic mass is 16.5. The summed E-state index contributed by atoms with van der Waals surface area (Å²) in [6.45, 7) is 4.82. The molecule has 2 atom stereocenters. The minimum absolute atomic E-state index is 0.0348. The van der Waals surface area contributed by atoms with Crippen molar-refractivity contribution in [2.75, 3.05) is 13.2 Å². The van der Waals surface area contributed by atoms with E-state index in [0.29, 0.717) is 19.4 Å². The number of carbonyl (C=O) groups excluding carboxylic acids is 2. The van der Waals surface area contributed by atoms with Gasteiger partial charge in [-0.25, -0.2) is 0 Å². The molecule has 0 aromatic rings. The van der Waals surface area contributed by atoms with Gasteiger partial charge in [-0.05, 0) is 64.2 Å².